The summed E-state index contributed by atoms with van der Waals surface area (Å²) in [5, 5.41) is 0.560. The van der Waals surface area contributed by atoms with Gasteiger partial charge in [0.05, 0.1) is 19.3 Å². The first-order valence-corrected chi connectivity index (χ1v) is 7.55. The molecule has 0 aromatic heterocycles. The Hall–Kier alpha value is -0.600. The fourth-order valence-corrected chi connectivity index (χ4v) is 3.03. The number of aliphatic imine (C=N–C) groups is 1. The Kier molecular flexibility index (Phi) is 5.90. The normalized spacial score (nSPS) is 28.7. The third-order valence-electron chi connectivity index (χ3n) is 4.11. The Morgan fingerprint density at radius 3 is 2.68 bits per heavy atom. The Morgan fingerprint density at radius 1 is 1.36 bits per heavy atom. The molecule has 22 heavy (non-hydrogen) atoms. The second-order valence-electron chi connectivity index (χ2n) is 5.62. The van der Waals surface area contributed by atoms with E-state index in [4.69, 9.17) is 22.1 Å². The van der Waals surface area contributed by atoms with E-state index in [0.29, 0.717) is 42.6 Å². The SMILES string of the molecule is I.NC(=NC1CC(F)(c2cccc(Cl)c2)C1)N1CCOCC1. The van der Waals surface area contributed by atoms with E-state index in [-0.39, 0.29) is 30.0 Å². The lowest BCUT2D eigenvalue weighted by molar-refractivity contribution is 0.0393. The molecule has 0 atom stereocenters. The van der Waals surface area contributed by atoms with Crippen LogP contribution < -0.4 is 5.73 Å². The van der Waals surface area contributed by atoms with Crippen LogP contribution in [0.5, 0.6) is 0 Å². The summed E-state index contributed by atoms with van der Waals surface area (Å²) in [6.07, 6.45) is 0.719. The molecule has 1 aromatic carbocycles. The van der Waals surface area contributed by atoms with Crippen molar-refractivity contribution in [3.8, 4) is 0 Å². The van der Waals surface area contributed by atoms with Gasteiger partial charge in [-0.2, -0.15) is 0 Å². The van der Waals surface area contributed by atoms with Crippen LogP contribution in [0.15, 0.2) is 29.3 Å². The first kappa shape index (κ1) is 17.7. The molecule has 7 heteroatoms. The smallest absolute Gasteiger partial charge is 0.191 e. The van der Waals surface area contributed by atoms with Crippen molar-refractivity contribution in [3.05, 3.63) is 34.9 Å². The zero-order chi connectivity index (χ0) is 14.9. The lowest BCUT2D eigenvalue weighted by Crippen LogP contribution is -2.47. The maximum atomic E-state index is 14.8. The van der Waals surface area contributed by atoms with Crippen LogP contribution in [0.25, 0.3) is 0 Å². The molecule has 1 saturated carbocycles. The molecule has 2 aliphatic rings. The minimum atomic E-state index is -1.33. The molecule has 1 aliphatic heterocycles. The fraction of sp³-hybridized carbons (Fsp3) is 0.533. The van der Waals surface area contributed by atoms with Gasteiger partial charge in [-0.3, -0.25) is 0 Å². The van der Waals surface area contributed by atoms with Crippen LogP contribution in [-0.2, 0) is 10.4 Å². The molecule has 1 heterocycles. The molecule has 0 bridgehead atoms. The van der Waals surface area contributed by atoms with Crippen molar-refractivity contribution in [2.75, 3.05) is 26.3 Å². The third-order valence-corrected chi connectivity index (χ3v) is 4.35. The first-order chi connectivity index (χ1) is 10.1. The Morgan fingerprint density at radius 2 is 2.05 bits per heavy atom. The number of benzene rings is 1. The maximum Gasteiger partial charge on any atom is 0.191 e. The van der Waals surface area contributed by atoms with Gasteiger partial charge in [0, 0.05) is 31.0 Å². The number of hydrogen-bond acceptors (Lipinski definition) is 2. The molecule has 0 amide bonds. The van der Waals surface area contributed by atoms with Gasteiger partial charge in [-0.25, -0.2) is 9.38 Å². The lowest BCUT2D eigenvalue weighted by Gasteiger charge is -2.40. The molecular formula is C15H20ClFIN3O. The number of halogens is 3. The van der Waals surface area contributed by atoms with Crippen molar-refractivity contribution in [1.29, 1.82) is 0 Å². The standard InChI is InChI=1S/C15H19ClFN3O.HI/c16-12-3-1-2-11(8-12)15(17)9-13(10-15)19-14(18)20-4-6-21-7-5-20;/h1-3,8,13H,4-7,9-10H2,(H2,18,19);1H. The van der Waals surface area contributed by atoms with Gasteiger partial charge in [0.25, 0.3) is 0 Å². The van der Waals surface area contributed by atoms with Gasteiger partial charge in [0.2, 0.25) is 0 Å². The minimum Gasteiger partial charge on any atom is -0.378 e. The van der Waals surface area contributed by atoms with Crippen LogP contribution in [0.4, 0.5) is 4.39 Å². The third kappa shape index (κ3) is 3.83. The van der Waals surface area contributed by atoms with Crippen molar-refractivity contribution >= 4 is 41.5 Å². The van der Waals surface area contributed by atoms with Crippen LogP contribution in [0.1, 0.15) is 18.4 Å². The number of nitrogens with zero attached hydrogens (tertiary/aromatic N) is 2. The predicted molar refractivity (Wildman–Crippen MR) is 96.7 cm³/mol. The summed E-state index contributed by atoms with van der Waals surface area (Å²) in [7, 11) is 0. The van der Waals surface area contributed by atoms with Crippen molar-refractivity contribution in [1.82, 2.24) is 4.90 Å². The summed E-state index contributed by atoms with van der Waals surface area (Å²) in [5.74, 6) is 0.497. The molecular weight excluding hydrogens is 420 g/mol. The van der Waals surface area contributed by atoms with Gasteiger partial charge < -0.3 is 15.4 Å². The van der Waals surface area contributed by atoms with E-state index in [2.05, 4.69) is 4.99 Å². The van der Waals surface area contributed by atoms with Gasteiger partial charge in [0.15, 0.2) is 5.96 Å². The number of alkyl halides is 1. The highest BCUT2D eigenvalue weighted by Gasteiger charge is 2.46. The molecule has 1 saturated heterocycles. The number of guanidine groups is 1. The predicted octanol–water partition coefficient (Wildman–Crippen LogP) is 2.93. The van der Waals surface area contributed by atoms with Gasteiger partial charge in [0.1, 0.15) is 5.67 Å². The van der Waals surface area contributed by atoms with Crippen LogP contribution in [0.3, 0.4) is 0 Å². The van der Waals surface area contributed by atoms with Crippen molar-refractivity contribution in [3.63, 3.8) is 0 Å². The largest absolute Gasteiger partial charge is 0.378 e. The van der Waals surface area contributed by atoms with Crippen molar-refractivity contribution < 1.29 is 9.13 Å². The van der Waals surface area contributed by atoms with Crippen LogP contribution in [0, 0.1) is 0 Å². The molecule has 122 valence electrons. The number of hydrogen-bond donors (Lipinski definition) is 1. The second kappa shape index (κ2) is 7.31. The number of nitrogens with two attached hydrogens (primary N) is 1. The van der Waals surface area contributed by atoms with Crippen molar-refractivity contribution in [2.45, 2.75) is 24.6 Å². The summed E-state index contributed by atoms with van der Waals surface area (Å²) in [6, 6.07) is 6.93. The van der Waals surface area contributed by atoms with Gasteiger partial charge in [-0.15, -0.1) is 24.0 Å². The Bertz CT molecular complexity index is 545. The van der Waals surface area contributed by atoms with Crippen LogP contribution in [0.2, 0.25) is 5.02 Å². The number of ether oxygens (including phenoxy) is 1. The second-order valence-corrected chi connectivity index (χ2v) is 6.06. The van der Waals surface area contributed by atoms with E-state index in [9.17, 15) is 4.39 Å². The molecule has 0 spiro atoms. The summed E-state index contributed by atoms with van der Waals surface area (Å²) >= 11 is 5.92. The van der Waals surface area contributed by atoms with E-state index in [0.717, 1.165) is 13.1 Å². The van der Waals surface area contributed by atoms with E-state index < -0.39 is 5.67 Å². The quantitative estimate of drug-likeness (QED) is 0.438. The molecule has 3 rings (SSSR count). The fourth-order valence-electron chi connectivity index (χ4n) is 2.84. The molecule has 0 radical (unpaired) electrons. The van der Waals surface area contributed by atoms with Gasteiger partial charge >= 0.3 is 0 Å². The van der Waals surface area contributed by atoms with Crippen LogP contribution >= 0.6 is 35.6 Å². The zero-order valence-electron chi connectivity index (χ0n) is 12.2. The van der Waals surface area contributed by atoms with Crippen molar-refractivity contribution in [2.24, 2.45) is 10.7 Å². The highest BCUT2D eigenvalue weighted by atomic mass is 127. The summed E-state index contributed by atoms with van der Waals surface area (Å²) < 4.78 is 20.0. The van der Waals surface area contributed by atoms with E-state index in [1.807, 2.05) is 4.90 Å². The summed E-state index contributed by atoms with van der Waals surface area (Å²) in [4.78, 5) is 6.43. The molecule has 1 aromatic rings. The highest BCUT2D eigenvalue weighted by molar-refractivity contribution is 14.0. The molecule has 0 unspecified atom stereocenters. The van der Waals surface area contributed by atoms with Gasteiger partial charge in [-0.05, 0) is 17.7 Å². The summed E-state index contributed by atoms with van der Waals surface area (Å²) in [6.45, 7) is 2.82. The molecule has 1 aliphatic carbocycles. The van der Waals surface area contributed by atoms with Gasteiger partial charge in [-0.1, -0.05) is 23.7 Å². The molecule has 2 fully saturated rings. The average Bonchev–Trinajstić information content (AvgIpc) is 2.46. The highest BCUT2D eigenvalue weighted by Crippen LogP contribution is 2.47. The molecule has 4 nitrogen and oxygen atoms in total. The molecule has 2 N–H and O–H groups in total. The maximum absolute atomic E-state index is 14.8. The van der Waals surface area contributed by atoms with Crippen LogP contribution in [-0.4, -0.2) is 43.2 Å². The number of morpholine rings is 1. The first-order valence-electron chi connectivity index (χ1n) is 7.18. The Balaban J connectivity index is 0.00000176. The van der Waals surface area contributed by atoms with E-state index in [1.165, 1.54) is 0 Å². The zero-order valence-corrected chi connectivity index (χ0v) is 15.3. The Labute approximate surface area is 151 Å². The average molecular weight is 440 g/mol. The monoisotopic (exact) mass is 439 g/mol. The van der Waals surface area contributed by atoms with E-state index >= 15 is 0 Å². The minimum absolute atomic E-state index is 0. The summed E-state index contributed by atoms with van der Waals surface area (Å²) in [5.41, 5.74) is 5.29. The lowest BCUT2D eigenvalue weighted by atomic mass is 9.73. The number of rotatable bonds is 2. The van der Waals surface area contributed by atoms with E-state index in [1.54, 1.807) is 24.3 Å². The topological polar surface area (TPSA) is 50.8 Å².